The molecule has 1 aliphatic rings. The Morgan fingerprint density at radius 3 is 2.86 bits per heavy atom. The number of aryl methyl sites for hydroxylation is 2. The van der Waals surface area contributed by atoms with Gasteiger partial charge in [-0.2, -0.15) is 5.10 Å². The van der Waals surface area contributed by atoms with Gasteiger partial charge < -0.3 is 10.2 Å². The summed E-state index contributed by atoms with van der Waals surface area (Å²) < 4.78 is 3.29. The van der Waals surface area contributed by atoms with Gasteiger partial charge in [-0.1, -0.05) is 19.1 Å². The largest absolute Gasteiger partial charge is 0.382 e. The monoisotopic (exact) mass is 348 g/mol. The van der Waals surface area contributed by atoms with E-state index in [0.29, 0.717) is 0 Å². The van der Waals surface area contributed by atoms with E-state index in [1.807, 2.05) is 0 Å². The van der Waals surface area contributed by atoms with Gasteiger partial charge in [-0.05, 0) is 41.4 Å². The van der Waals surface area contributed by atoms with E-state index in [-0.39, 0.29) is 0 Å². The average molecular weight is 349 g/mol. The molecule has 0 bridgehead atoms. The molecule has 3 rings (SSSR count). The number of aromatic nitrogens is 2. The van der Waals surface area contributed by atoms with Crippen LogP contribution in [0.2, 0.25) is 0 Å². The summed E-state index contributed by atoms with van der Waals surface area (Å²) in [7, 11) is 0. The first kappa shape index (κ1) is 14.4. The molecule has 0 saturated heterocycles. The molecule has 1 aromatic carbocycles. The Morgan fingerprint density at radius 1 is 1.29 bits per heavy atom. The highest BCUT2D eigenvalue weighted by atomic mass is 79.9. The van der Waals surface area contributed by atoms with E-state index in [1.165, 1.54) is 21.5 Å². The van der Waals surface area contributed by atoms with Gasteiger partial charge in [0, 0.05) is 19.6 Å². The van der Waals surface area contributed by atoms with E-state index in [1.54, 1.807) is 0 Å². The van der Waals surface area contributed by atoms with Crippen LogP contribution in [0.4, 0.5) is 11.4 Å². The SMILES string of the molecule is CCc1nn(CC)c(CN2CCNc3ccccc32)c1Br. The van der Waals surface area contributed by atoms with E-state index >= 15 is 0 Å². The van der Waals surface area contributed by atoms with Crippen molar-refractivity contribution < 1.29 is 0 Å². The van der Waals surface area contributed by atoms with Gasteiger partial charge in [0.1, 0.15) is 0 Å². The lowest BCUT2D eigenvalue weighted by Crippen LogP contribution is -2.34. The van der Waals surface area contributed by atoms with Gasteiger partial charge in [-0.25, -0.2) is 0 Å². The molecular formula is C16H21BrN4. The molecule has 1 aromatic heterocycles. The Balaban J connectivity index is 1.93. The van der Waals surface area contributed by atoms with Crippen molar-refractivity contribution in [2.24, 2.45) is 0 Å². The highest BCUT2D eigenvalue weighted by Gasteiger charge is 2.20. The molecule has 2 aromatic rings. The number of benzene rings is 1. The molecular weight excluding hydrogens is 328 g/mol. The lowest BCUT2D eigenvalue weighted by atomic mass is 10.2. The summed E-state index contributed by atoms with van der Waals surface area (Å²) in [5, 5.41) is 8.16. The van der Waals surface area contributed by atoms with Gasteiger partial charge in [-0.15, -0.1) is 0 Å². The van der Waals surface area contributed by atoms with Crippen LogP contribution in [0.5, 0.6) is 0 Å². The van der Waals surface area contributed by atoms with Gasteiger partial charge in [0.2, 0.25) is 0 Å². The van der Waals surface area contributed by atoms with Gasteiger partial charge >= 0.3 is 0 Å². The summed E-state index contributed by atoms with van der Waals surface area (Å²) >= 11 is 3.74. The topological polar surface area (TPSA) is 33.1 Å². The number of rotatable bonds is 4. The number of hydrogen-bond donors (Lipinski definition) is 1. The van der Waals surface area contributed by atoms with Crippen LogP contribution >= 0.6 is 15.9 Å². The lowest BCUT2D eigenvalue weighted by Gasteiger charge is -2.32. The molecule has 112 valence electrons. The molecule has 21 heavy (non-hydrogen) atoms. The third-order valence-electron chi connectivity index (χ3n) is 3.98. The minimum Gasteiger partial charge on any atom is -0.382 e. The third kappa shape index (κ3) is 2.67. The van der Waals surface area contributed by atoms with Crippen molar-refractivity contribution >= 4 is 27.3 Å². The maximum Gasteiger partial charge on any atom is 0.0767 e. The molecule has 0 spiro atoms. The first-order valence-corrected chi connectivity index (χ1v) is 8.35. The number of fused-ring (bicyclic) bond motifs is 1. The van der Waals surface area contributed by atoms with Crippen molar-refractivity contribution in [3.8, 4) is 0 Å². The zero-order valence-electron chi connectivity index (χ0n) is 12.6. The summed E-state index contributed by atoms with van der Waals surface area (Å²) in [6.07, 6.45) is 0.957. The number of nitrogens with one attached hydrogen (secondary N) is 1. The van der Waals surface area contributed by atoms with Crippen molar-refractivity contribution in [3.63, 3.8) is 0 Å². The normalized spacial score (nSPS) is 14.0. The van der Waals surface area contributed by atoms with E-state index < -0.39 is 0 Å². The maximum absolute atomic E-state index is 4.70. The summed E-state index contributed by atoms with van der Waals surface area (Å²) in [6, 6.07) is 8.51. The molecule has 5 heteroatoms. The summed E-state index contributed by atoms with van der Waals surface area (Å²) in [5.74, 6) is 0. The number of halogens is 1. The second kappa shape index (κ2) is 6.10. The van der Waals surface area contributed by atoms with Crippen molar-refractivity contribution in [2.75, 3.05) is 23.3 Å². The highest BCUT2D eigenvalue weighted by molar-refractivity contribution is 9.10. The molecule has 0 aliphatic carbocycles. The van der Waals surface area contributed by atoms with Crippen LogP contribution in [-0.4, -0.2) is 22.9 Å². The number of para-hydroxylation sites is 2. The van der Waals surface area contributed by atoms with Crippen molar-refractivity contribution in [2.45, 2.75) is 33.4 Å². The zero-order valence-corrected chi connectivity index (χ0v) is 14.2. The van der Waals surface area contributed by atoms with Crippen LogP contribution in [0.3, 0.4) is 0 Å². The van der Waals surface area contributed by atoms with Gasteiger partial charge in [0.25, 0.3) is 0 Å². The molecule has 2 heterocycles. The van der Waals surface area contributed by atoms with Crippen molar-refractivity contribution in [1.29, 1.82) is 0 Å². The van der Waals surface area contributed by atoms with Crippen molar-refractivity contribution in [1.82, 2.24) is 9.78 Å². The van der Waals surface area contributed by atoms with E-state index in [9.17, 15) is 0 Å². The predicted octanol–water partition coefficient (Wildman–Crippen LogP) is 3.66. The summed E-state index contributed by atoms with van der Waals surface area (Å²) in [4.78, 5) is 2.43. The molecule has 1 N–H and O–H groups in total. The Hall–Kier alpha value is -1.49. The number of hydrogen-bond acceptors (Lipinski definition) is 3. The fraction of sp³-hybridized carbons (Fsp3) is 0.438. The molecule has 0 atom stereocenters. The molecule has 0 radical (unpaired) electrons. The zero-order chi connectivity index (χ0) is 14.8. The maximum atomic E-state index is 4.70. The molecule has 4 nitrogen and oxygen atoms in total. The Bertz CT molecular complexity index is 635. The minimum atomic E-state index is 0.889. The first-order chi connectivity index (χ1) is 10.2. The smallest absolute Gasteiger partial charge is 0.0767 e. The first-order valence-electron chi connectivity index (χ1n) is 7.56. The number of anilines is 2. The van der Waals surface area contributed by atoms with E-state index in [0.717, 1.165) is 38.3 Å². The Labute approximate surface area is 134 Å². The number of nitrogens with zero attached hydrogens (tertiary/aromatic N) is 3. The molecule has 0 fully saturated rings. The van der Waals surface area contributed by atoms with Crippen LogP contribution in [0.25, 0.3) is 0 Å². The Morgan fingerprint density at radius 2 is 2.10 bits per heavy atom. The van der Waals surface area contributed by atoms with E-state index in [2.05, 4.69) is 68.9 Å². The van der Waals surface area contributed by atoms with Gasteiger partial charge in [-0.3, -0.25) is 4.68 Å². The van der Waals surface area contributed by atoms with Crippen LogP contribution in [0.15, 0.2) is 28.7 Å². The lowest BCUT2D eigenvalue weighted by molar-refractivity contribution is 0.602. The van der Waals surface area contributed by atoms with Gasteiger partial charge in [0.05, 0.1) is 33.8 Å². The second-order valence-electron chi connectivity index (χ2n) is 5.24. The van der Waals surface area contributed by atoms with Crippen LogP contribution in [0, 0.1) is 0 Å². The second-order valence-corrected chi connectivity index (χ2v) is 6.04. The quantitative estimate of drug-likeness (QED) is 0.915. The predicted molar refractivity (Wildman–Crippen MR) is 91.0 cm³/mol. The fourth-order valence-electron chi connectivity index (χ4n) is 2.86. The highest BCUT2D eigenvalue weighted by Crippen LogP contribution is 2.31. The average Bonchev–Trinajstić information content (AvgIpc) is 2.83. The van der Waals surface area contributed by atoms with Crippen LogP contribution in [-0.2, 0) is 19.5 Å². The standard InChI is InChI=1S/C16H21BrN4/c1-3-12-16(17)15(21(4-2)19-12)11-20-10-9-18-13-7-5-6-8-14(13)20/h5-8,18H,3-4,9-11H2,1-2H3. The minimum absolute atomic E-state index is 0.889. The Kier molecular flexibility index (Phi) is 4.19. The van der Waals surface area contributed by atoms with Crippen LogP contribution in [0.1, 0.15) is 25.2 Å². The summed E-state index contributed by atoms with van der Waals surface area (Å²) in [5.41, 5.74) is 4.91. The molecule has 0 amide bonds. The van der Waals surface area contributed by atoms with Crippen LogP contribution < -0.4 is 10.2 Å². The molecule has 0 unspecified atom stereocenters. The fourth-order valence-corrected chi connectivity index (χ4v) is 3.55. The molecule has 0 saturated carbocycles. The third-order valence-corrected chi connectivity index (χ3v) is 4.89. The summed E-state index contributed by atoms with van der Waals surface area (Å²) in [6.45, 7) is 8.09. The van der Waals surface area contributed by atoms with Crippen molar-refractivity contribution in [3.05, 3.63) is 40.1 Å². The molecule has 1 aliphatic heterocycles. The van der Waals surface area contributed by atoms with E-state index in [4.69, 9.17) is 5.10 Å². The van der Waals surface area contributed by atoms with Gasteiger partial charge in [0.15, 0.2) is 0 Å².